The molecule has 0 spiro atoms. The number of halogens is 2. The quantitative estimate of drug-likeness (QED) is 0.737. The SMILES string of the molecule is C[Si](C)(C)Oc1cc(F)ccc1Br. The van der Waals surface area contributed by atoms with Gasteiger partial charge < -0.3 is 4.43 Å². The minimum absolute atomic E-state index is 0.267. The zero-order valence-electron chi connectivity index (χ0n) is 7.90. The summed E-state index contributed by atoms with van der Waals surface area (Å²) in [5.74, 6) is 0.329. The molecule has 0 amide bonds. The van der Waals surface area contributed by atoms with Gasteiger partial charge in [-0.2, -0.15) is 0 Å². The molecule has 0 unspecified atom stereocenters. The largest absolute Gasteiger partial charge is 0.543 e. The zero-order chi connectivity index (χ0) is 10.1. The molecule has 0 atom stereocenters. The third kappa shape index (κ3) is 3.48. The third-order valence-corrected chi connectivity index (χ3v) is 2.80. The summed E-state index contributed by atoms with van der Waals surface area (Å²) >= 11 is 3.31. The fourth-order valence-electron chi connectivity index (χ4n) is 0.885. The van der Waals surface area contributed by atoms with E-state index in [0.717, 1.165) is 4.47 Å². The molecule has 0 aromatic heterocycles. The van der Waals surface area contributed by atoms with Gasteiger partial charge >= 0.3 is 0 Å². The lowest BCUT2D eigenvalue weighted by atomic mass is 10.3. The number of hydrogen-bond donors (Lipinski definition) is 0. The van der Waals surface area contributed by atoms with Crippen molar-refractivity contribution in [1.29, 1.82) is 0 Å². The molecule has 0 heterocycles. The summed E-state index contributed by atoms with van der Waals surface area (Å²) in [6.45, 7) is 6.18. The lowest BCUT2D eigenvalue weighted by Gasteiger charge is -2.20. The molecule has 0 N–H and O–H groups in total. The van der Waals surface area contributed by atoms with E-state index in [1.54, 1.807) is 6.07 Å². The monoisotopic (exact) mass is 262 g/mol. The van der Waals surface area contributed by atoms with Crippen LogP contribution in [0.2, 0.25) is 19.6 Å². The molecule has 13 heavy (non-hydrogen) atoms. The summed E-state index contributed by atoms with van der Waals surface area (Å²) in [6, 6.07) is 4.47. The first-order valence-electron chi connectivity index (χ1n) is 4.02. The molecule has 0 aliphatic rings. The van der Waals surface area contributed by atoms with Gasteiger partial charge in [-0.1, -0.05) is 0 Å². The van der Waals surface area contributed by atoms with E-state index in [4.69, 9.17) is 4.43 Å². The molecule has 0 saturated carbocycles. The first-order valence-corrected chi connectivity index (χ1v) is 8.23. The van der Waals surface area contributed by atoms with Gasteiger partial charge in [0.15, 0.2) is 0 Å². The molecule has 4 heteroatoms. The molecular formula is C9H12BrFOSi. The molecule has 0 bridgehead atoms. The van der Waals surface area contributed by atoms with Crippen LogP contribution in [0.1, 0.15) is 0 Å². The fourth-order valence-corrected chi connectivity index (χ4v) is 2.19. The van der Waals surface area contributed by atoms with E-state index in [1.807, 2.05) is 0 Å². The lowest BCUT2D eigenvalue weighted by Crippen LogP contribution is -2.29. The highest BCUT2D eigenvalue weighted by Gasteiger charge is 2.17. The zero-order valence-corrected chi connectivity index (χ0v) is 10.5. The van der Waals surface area contributed by atoms with Crippen LogP contribution in [0.15, 0.2) is 22.7 Å². The Hall–Kier alpha value is -0.353. The highest BCUT2D eigenvalue weighted by Crippen LogP contribution is 2.27. The lowest BCUT2D eigenvalue weighted by molar-refractivity contribution is 0.541. The molecule has 1 aromatic rings. The molecule has 1 aromatic carbocycles. The first-order chi connectivity index (χ1) is 5.88. The Balaban J connectivity index is 2.94. The van der Waals surface area contributed by atoms with Crippen LogP contribution in [0.25, 0.3) is 0 Å². The average molecular weight is 263 g/mol. The fraction of sp³-hybridized carbons (Fsp3) is 0.333. The Morgan fingerprint density at radius 3 is 2.46 bits per heavy atom. The third-order valence-electron chi connectivity index (χ3n) is 1.31. The standard InChI is InChI=1S/C9H12BrFOSi/c1-13(2,3)12-9-6-7(11)4-5-8(9)10/h4-6H,1-3H3. The second kappa shape index (κ2) is 3.80. The van der Waals surface area contributed by atoms with Crippen LogP contribution in [-0.2, 0) is 0 Å². The van der Waals surface area contributed by atoms with Crippen molar-refractivity contribution in [2.24, 2.45) is 0 Å². The van der Waals surface area contributed by atoms with Gasteiger partial charge in [0.1, 0.15) is 11.6 Å². The van der Waals surface area contributed by atoms with Crippen LogP contribution in [0.3, 0.4) is 0 Å². The van der Waals surface area contributed by atoms with Crippen LogP contribution < -0.4 is 4.43 Å². The van der Waals surface area contributed by atoms with Gasteiger partial charge in [0.25, 0.3) is 0 Å². The van der Waals surface area contributed by atoms with E-state index < -0.39 is 8.32 Å². The number of hydrogen-bond acceptors (Lipinski definition) is 1. The van der Waals surface area contributed by atoms with E-state index in [9.17, 15) is 4.39 Å². The first kappa shape index (κ1) is 10.7. The van der Waals surface area contributed by atoms with Gasteiger partial charge in [-0.05, 0) is 47.7 Å². The van der Waals surface area contributed by atoms with Crippen molar-refractivity contribution >= 4 is 24.2 Å². The second-order valence-electron chi connectivity index (χ2n) is 3.79. The van der Waals surface area contributed by atoms with E-state index in [-0.39, 0.29) is 5.82 Å². The average Bonchev–Trinajstić information content (AvgIpc) is 1.94. The second-order valence-corrected chi connectivity index (χ2v) is 9.07. The summed E-state index contributed by atoms with van der Waals surface area (Å²) in [5, 5.41) is 0. The van der Waals surface area contributed by atoms with Crippen molar-refractivity contribution in [3.05, 3.63) is 28.5 Å². The van der Waals surface area contributed by atoms with Crippen LogP contribution in [-0.4, -0.2) is 8.32 Å². The Kier molecular flexibility index (Phi) is 3.13. The number of benzene rings is 1. The smallest absolute Gasteiger partial charge is 0.242 e. The van der Waals surface area contributed by atoms with Gasteiger partial charge in [0.05, 0.1) is 4.47 Å². The Morgan fingerprint density at radius 1 is 1.31 bits per heavy atom. The minimum Gasteiger partial charge on any atom is -0.543 e. The van der Waals surface area contributed by atoms with E-state index in [2.05, 4.69) is 35.6 Å². The van der Waals surface area contributed by atoms with Gasteiger partial charge in [-0.15, -0.1) is 0 Å². The molecular weight excluding hydrogens is 251 g/mol. The summed E-state index contributed by atoms with van der Waals surface area (Å²) in [5.41, 5.74) is 0. The van der Waals surface area contributed by atoms with E-state index in [1.165, 1.54) is 12.1 Å². The van der Waals surface area contributed by atoms with Crippen molar-refractivity contribution in [1.82, 2.24) is 0 Å². The van der Waals surface area contributed by atoms with Gasteiger partial charge in [-0.3, -0.25) is 0 Å². The maximum Gasteiger partial charge on any atom is 0.242 e. The Morgan fingerprint density at radius 2 is 1.92 bits per heavy atom. The predicted octanol–water partition coefficient (Wildman–Crippen LogP) is 3.80. The van der Waals surface area contributed by atoms with Crippen LogP contribution in [0.5, 0.6) is 5.75 Å². The highest BCUT2D eigenvalue weighted by atomic mass is 79.9. The molecule has 1 nitrogen and oxygen atoms in total. The normalized spacial score (nSPS) is 11.5. The Bertz CT molecular complexity index is 309. The van der Waals surface area contributed by atoms with Gasteiger partial charge in [0.2, 0.25) is 8.32 Å². The van der Waals surface area contributed by atoms with Crippen LogP contribution in [0.4, 0.5) is 4.39 Å². The predicted molar refractivity (Wildman–Crippen MR) is 58.1 cm³/mol. The van der Waals surface area contributed by atoms with Crippen molar-refractivity contribution in [2.75, 3.05) is 0 Å². The summed E-state index contributed by atoms with van der Waals surface area (Å²) in [7, 11) is -1.65. The summed E-state index contributed by atoms with van der Waals surface area (Å²) in [6.07, 6.45) is 0. The van der Waals surface area contributed by atoms with Crippen LogP contribution in [0, 0.1) is 5.82 Å². The maximum atomic E-state index is 12.8. The summed E-state index contributed by atoms with van der Waals surface area (Å²) in [4.78, 5) is 0. The molecule has 0 aliphatic heterocycles. The van der Waals surface area contributed by atoms with Gasteiger partial charge in [-0.25, -0.2) is 4.39 Å². The molecule has 72 valence electrons. The molecule has 0 fully saturated rings. The Labute approximate surface area is 87.2 Å². The molecule has 0 saturated heterocycles. The maximum absolute atomic E-state index is 12.8. The topological polar surface area (TPSA) is 9.23 Å². The summed E-state index contributed by atoms with van der Waals surface area (Å²) < 4.78 is 19.3. The van der Waals surface area contributed by atoms with Crippen molar-refractivity contribution < 1.29 is 8.82 Å². The highest BCUT2D eigenvalue weighted by molar-refractivity contribution is 9.10. The molecule has 1 rings (SSSR count). The van der Waals surface area contributed by atoms with Gasteiger partial charge in [0, 0.05) is 6.07 Å². The van der Waals surface area contributed by atoms with E-state index in [0.29, 0.717) is 5.75 Å². The minimum atomic E-state index is -1.65. The van der Waals surface area contributed by atoms with Crippen molar-refractivity contribution in [3.63, 3.8) is 0 Å². The molecule has 0 aliphatic carbocycles. The van der Waals surface area contributed by atoms with Crippen LogP contribution >= 0.6 is 15.9 Å². The van der Waals surface area contributed by atoms with E-state index >= 15 is 0 Å². The van der Waals surface area contributed by atoms with Crippen molar-refractivity contribution in [2.45, 2.75) is 19.6 Å². The molecule has 0 radical (unpaired) electrons. The number of rotatable bonds is 2. The van der Waals surface area contributed by atoms with Crippen molar-refractivity contribution in [3.8, 4) is 5.75 Å².